The van der Waals surface area contributed by atoms with Gasteiger partial charge >= 0.3 is 0 Å². The first kappa shape index (κ1) is 32.0. The summed E-state index contributed by atoms with van der Waals surface area (Å²) in [6.45, 7) is 2.78. The Bertz CT molecular complexity index is 857. The predicted molar refractivity (Wildman–Crippen MR) is 139 cm³/mol. The number of ether oxygens (including phenoxy) is 4. The summed E-state index contributed by atoms with van der Waals surface area (Å²) in [7, 11) is 0. The largest absolute Gasteiger partial charge is 0.394 e. The van der Waals surface area contributed by atoms with Gasteiger partial charge in [-0.3, -0.25) is 4.79 Å². The molecule has 0 aromatic heterocycles. The van der Waals surface area contributed by atoms with Gasteiger partial charge in [0.1, 0.15) is 36.1 Å². The third-order valence-electron chi connectivity index (χ3n) is 8.69. The number of rotatable bonds is 11. The smallest absolute Gasteiger partial charge is 0.186 e. The highest BCUT2D eigenvalue weighted by Gasteiger charge is 2.58. The summed E-state index contributed by atoms with van der Waals surface area (Å²) >= 11 is 0. The Morgan fingerprint density at radius 2 is 1.65 bits per heavy atom. The van der Waals surface area contributed by atoms with E-state index in [-0.39, 0.29) is 25.4 Å². The van der Waals surface area contributed by atoms with Crippen LogP contribution in [0.15, 0.2) is 0 Å². The molecule has 232 valence electrons. The summed E-state index contributed by atoms with van der Waals surface area (Å²) in [5.41, 5.74) is 22.8. The molecule has 40 heavy (non-hydrogen) atoms. The van der Waals surface area contributed by atoms with Gasteiger partial charge in [0.2, 0.25) is 0 Å². The minimum absolute atomic E-state index is 0.130. The van der Waals surface area contributed by atoms with Crippen LogP contribution in [0.4, 0.5) is 0 Å². The topological polar surface area (TPSA) is 271 Å². The van der Waals surface area contributed by atoms with Gasteiger partial charge in [0.05, 0.1) is 30.9 Å². The van der Waals surface area contributed by atoms with Gasteiger partial charge < -0.3 is 72.7 Å². The molecule has 0 bridgehead atoms. The van der Waals surface area contributed by atoms with Crippen LogP contribution in [-0.4, -0.2) is 136 Å². The van der Waals surface area contributed by atoms with Gasteiger partial charge in [0, 0.05) is 31.5 Å². The summed E-state index contributed by atoms with van der Waals surface area (Å²) in [5, 5.41) is 55.7. The number of hydrogen-bond donors (Lipinski definition) is 10. The number of carbonyl (C=O) groups is 1. The molecule has 0 radical (unpaired) electrons. The maximum absolute atomic E-state index is 12.9. The van der Waals surface area contributed by atoms with E-state index in [4.69, 9.17) is 41.9 Å². The van der Waals surface area contributed by atoms with Gasteiger partial charge in [-0.25, -0.2) is 0 Å². The molecule has 3 unspecified atom stereocenters. The van der Waals surface area contributed by atoms with Crippen LogP contribution in [0.1, 0.15) is 39.0 Å². The Hall–Kier alpha value is -0.890. The standard InChI is InChI=1S/C25H47N5O10/c1-2-30-8-11-3-4-12(26)23(37-11)40-22-13(27)5-10(6-16(32)25(36)7-15(25)28)21(20(22)35)39-24-19(34)17(29)18(33)14(9-31)38-24/h10-15,17-24,30-31,33-36H,2-9,26-29H2,1H3/t10-,11-,12+,13-,14+,15?,17-,18+,19+,20+,21-,22?,23+,24+,25?/m0/s1. The first-order chi connectivity index (χ1) is 18.9. The van der Waals surface area contributed by atoms with E-state index in [1.165, 1.54) is 0 Å². The molecule has 4 rings (SSSR count). The first-order valence-corrected chi connectivity index (χ1v) is 14.2. The Morgan fingerprint density at radius 1 is 0.975 bits per heavy atom. The maximum atomic E-state index is 12.9. The van der Waals surface area contributed by atoms with Gasteiger partial charge in [-0.1, -0.05) is 6.92 Å². The lowest BCUT2D eigenvalue weighted by molar-refractivity contribution is -0.318. The van der Waals surface area contributed by atoms with Crippen LogP contribution in [0.25, 0.3) is 0 Å². The first-order valence-electron chi connectivity index (χ1n) is 14.2. The van der Waals surface area contributed by atoms with Crippen molar-refractivity contribution in [3.05, 3.63) is 0 Å². The monoisotopic (exact) mass is 577 g/mol. The highest BCUT2D eigenvalue weighted by Crippen LogP contribution is 2.41. The molecule has 15 heteroatoms. The fourth-order valence-electron chi connectivity index (χ4n) is 5.92. The molecule has 0 aromatic carbocycles. The molecule has 0 spiro atoms. The molecule has 2 aliphatic carbocycles. The number of aliphatic hydroxyl groups excluding tert-OH is 4. The van der Waals surface area contributed by atoms with Gasteiger partial charge in [-0.05, 0) is 31.7 Å². The number of nitrogens with one attached hydrogen (secondary N) is 1. The second-order valence-corrected chi connectivity index (χ2v) is 11.7. The van der Waals surface area contributed by atoms with Crippen LogP contribution >= 0.6 is 0 Å². The van der Waals surface area contributed by atoms with E-state index in [9.17, 15) is 30.3 Å². The molecule has 4 fully saturated rings. The summed E-state index contributed by atoms with van der Waals surface area (Å²) in [5.74, 6) is -1.23. The third-order valence-corrected chi connectivity index (χ3v) is 8.69. The van der Waals surface area contributed by atoms with Crippen molar-refractivity contribution in [1.29, 1.82) is 0 Å². The van der Waals surface area contributed by atoms with Gasteiger partial charge in [0.15, 0.2) is 18.4 Å². The van der Waals surface area contributed by atoms with Gasteiger partial charge in [-0.2, -0.15) is 0 Å². The number of carbonyl (C=O) groups excluding carboxylic acids is 1. The molecule has 2 heterocycles. The maximum Gasteiger partial charge on any atom is 0.186 e. The number of aliphatic hydroxyl groups is 5. The van der Waals surface area contributed by atoms with Crippen molar-refractivity contribution in [3.8, 4) is 0 Å². The Morgan fingerprint density at radius 3 is 2.27 bits per heavy atom. The van der Waals surface area contributed by atoms with Crippen molar-refractivity contribution < 1.29 is 49.3 Å². The van der Waals surface area contributed by atoms with E-state index >= 15 is 0 Å². The number of Topliss-reactive ketones (excluding diaryl/α,β-unsaturated/α-hetero) is 1. The summed E-state index contributed by atoms with van der Waals surface area (Å²) in [6.07, 6.45) is -8.65. The SMILES string of the molecule is CCNC[C@@H]1CC[C@@H](N)[C@@H](OC2[C@@H](N)C[C@@H](CC(=O)C3(O)CC3N)[C@H](O[C@H]3O[C@H](CO)[C@@H](O)[C@H](N)[C@H]3O)[C@H]2O)O1. The molecule has 2 saturated carbocycles. The second kappa shape index (κ2) is 13.2. The predicted octanol–water partition coefficient (Wildman–Crippen LogP) is -4.91. The lowest BCUT2D eigenvalue weighted by Crippen LogP contribution is -2.66. The van der Waals surface area contributed by atoms with Crippen molar-refractivity contribution in [2.45, 2.75) is 124 Å². The number of ketones is 1. The fraction of sp³-hybridized carbons (Fsp3) is 0.960. The molecule has 15 nitrogen and oxygen atoms in total. The molecular formula is C25H47N5O10. The quantitative estimate of drug-likeness (QED) is 0.110. The molecule has 14 N–H and O–H groups in total. The van der Waals surface area contributed by atoms with Crippen LogP contribution in [0, 0.1) is 5.92 Å². The Kier molecular flexibility index (Phi) is 10.6. The van der Waals surface area contributed by atoms with Crippen molar-refractivity contribution in [2.24, 2.45) is 28.9 Å². The van der Waals surface area contributed by atoms with E-state index in [0.717, 1.165) is 13.0 Å². The highest BCUT2D eigenvalue weighted by molar-refractivity contribution is 5.91. The van der Waals surface area contributed by atoms with E-state index in [2.05, 4.69) is 5.32 Å². The second-order valence-electron chi connectivity index (χ2n) is 11.7. The van der Waals surface area contributed by atoms with Crippen molar-refractivity contribution >= 4 is 5.78 Å². The van der Waals surface area contributed by atoms with Crippen LogP contribution in [-0.2, 0) is 23.7 Å². The Labute approximate surface area is 233 Å². The zero-order valence-corrected chi connectivity index (χ0v) is 22.8. The average molecular weight is 578 g/mol. The summed E-state index contributed by atoms with van der Waals surface area (Å²) in [6, 6.07) is -3.11. The van der Waals surface area contributed by atoms with Crippen LogP contribution in [0.5, 0.6) is 0 Å². The highest BCUT2D eigenvalue weighted by atomic mass is 16.7. The van der Waals surface area contributed by atoms with Crippen molar-refractivity contribution in [3.63, 3.8) is 0 Å². The van der Waals surface area contributed by atoms with Crippen molar-refractivity contribution in [2.75, 3.05) is 19.7 Å². The van der Waals surface area contributed by atoms with Crippen LogP contribution < -0.4 is 28.3 Å². The molecule has 15 atom stereocenters. The molecule has 4 aliphatic rings. The van der Waals surface area contributed by atoms with Crippen LogP contribution in [0.3, 0.4) is 0 Å². The van der Waals surface area contributed by atoms with E-state index in [1.807, 2.05) is 6.92 Å². The number of hydrogen-bond acceptors (Lipinski definition) is 15. The van der Waals surface area contributed by atoms with Gasteiger partial charge in [0.25, 0.3) is 0 Å². The zero-order chi connectivity index (χ0) is 29.4. The average Bonchev–Trinajstić information content (AvgIpc) is 3.55. The minimum atomic E-state index is -1.65. The third kappa shape index (κ3) is 6.68. The molecular weight excluding hydrogens is 530 g/mol. The fourth-order valence-corrected chi connectivity index (χ4v) is 5.92. The van der Waals surface area contributed by atoms with Crippen LogP contribution in [0.2, 0.25) is 0 Å². The van der Waals surface area contributed by atoms with E-state index < -0.39 is 97.3 Å². The normalized spacial score (nSPS) is 49.5. The molecule has 0 amide bonds. The van der Waals surface area contributed by atoms with Gasteiger partial charge in [-0.15, -0.1) is 0 Å². The zero-order valence-electron chi connectivity index (χ0n) is 22.8. The Balaban J connectivity index is 1.52. The molecule has 2 saturated heterocycles. The molecule has 0 aromatic rings. The van der Waals surface area contributed by atoms with Crippen molar-refractivity contribution in [1.82, 2.24) is 5.32 Å². The van der Waals surface area contributed by atoms with E-state index in [1.54, 1.807) is 0 Å². The lowest BCUT2D eigenvalue weighted by Gasteiger charge is -2.48. The summed E-state index contributed by atoms with van der Waals surface area (Å²) in [4.78, 5) is 12.9. The number of likely N-dealkylation sites (N-methyl/N-ethyl adjacent to an activating group) is 1. The van der Waals surface area contributed by atoms with E-state index in [0.29, 0.717) is 13.0 Å². The number of nitrogens with two attached hydrogens (primary N) is 4. The molecule has 2 aliphatic heterocycles. The minimum Gasteiger partial charge on any atom is -0.394 e. The lowest BCUT2D eigenvalue weighted by atomic mass is 9.76. The summed E-state index contributed by atoms with van der Waals surface area (Å²) < 4.78 is 23.8.